The number of hydrogen-bond acceptors (Lipinski definition) is 9. The van der Waals surface area contributed by atoms with Crippen molar-refractivity contribution in [1.29, 1.82) is 0 Å². The van der Waals surface area contributed by atoms with Gasteiger partial charge in [-0.05, 0) is 12.8 Å². The molecular formula is C32H62N2O4S3. The van der Waals surface area contributed by atoms with Gasteiger partial charge in [0.15, 0.2) is 8.68 Å². The maximum absolute atomic E-state index is 10.4. The lowest BCUT2D eigenvalue weighted by atomic mass is 10.0. The van der Waals surface area contributed by atoms with Crippen molar-refractivity contribution in [2.45, 2.75) is 188 Å². The molecule has 0 aliphatic carbocycles. The first-order chi connectivity index (χ1) is 20.0. The Morgan fingerprint density at radius 3 is 1.07 bits per heavy atom. The Morgan fingerprint density at radius 2 is 0.756 bits per heavy atom. The molecule has 4 unspecified atom stereocenters. The van der Waals surface area contributed by atoms with Crippen molar-refractivity contribution >= 4 is 34.9 Å². The average molecular weight is 635 g/mol. The van der Waals surface area contributed by atoms with Gasteiger partial charge >= 0.3 is 0 Å². The van der Waals surface area contributed by atoms with Gasteiger partial charge in [0.25, 0.3) is 0 Å². The molecule has 41 heavy (non-hydrogen) atoms. The highest BCUT2D eigenvalue weighted by Crippen LogP contribution is 2.30. The normalized spacial score (nSPS) is 14.8. The quantitative estimate of drug-likeness (QED) is 0.0491. The third kappa shape index (κ3) is 22.3. The molecule has 9 heteroatoms. The van der Waals surface area contributed by atoms with Crippen LogP contribution in [0.15, 0.2) is 8.68 Å². The van der Waals surface area contributed by atoms with Crippen molar-refractivity contribution in [3.05, 3.63) is 0 Å². The van der Waals surface area contributed by atoms with Gasteiger partial charge in [0.05, 0.1) is 24.4 Å². The molecule has 0 aliphatic rings. The third-order valence-corrected chi connectivity index (χ3v) is 11.1. The minimum Gasteiger partial charge on any atom is -0.390 e. The van der Waals surface area contributed by atoms with E-state index in [1.165, 1.54) is 138 Å². The highest BCUT2D eigenvalue weighted by molar-refractivity contribution is 8.03. The van der Waals surface area contributed by atoms with Gasteiger partial charge in [-0.2, -0.15) is 0 Å². The molecule has 0 saturated heterocycles. The molecule has 242 valence electrons. The van der Waals surface area contributed by atoms with Crippen LogP contribution in [0.25, 0.3) is 0 Å². The second kappa shape index (κ2) is 27.6. The lowest BCUT2D eigenvalue weighted by Crippen LogP contribution is -2.28. The van der Waals surface area contributed by atoms with Gasteiger partial charge in [-0.15, -0.1) is 10.2 Å². The van der Waals surface area contributed by atoms with E-state index in [1.54, 1.807) is 0 Å². The number of unbranched alkanes of at least 4 members (excludes halogenated alkanes) is 18. The summed E-state index contributed by atoms with van der Waals surface area (Å²) in [7, 11) is 0. The lowest BCUT2D eigenvalue weighted by molar-refractivity contribution is 0.0275. The van der Waals surface area contributed by atoms with Gasteiger partial charge in [0, 0.05) is 11.5 Å². The summed E-state index contributed by atoms with van der Waals surface area (Å²) in [6.07, 6.45) is 23.4. The fourth-order valence-electron chi connectivity index (χ4n) is 4.92. The Balaban J connectivity index is 2.07. The first-order valence-electron chi connectivity index (χ1n) is 16.8. The molecule has 1 heterocycles. The summed E-state index contributed by atoms with van der Waals surface area (Å²) in [6, 6.07) is 0. The number of aromatic nitrogens is 2. The first kappa shape index (κ1) is 39.1. The van der Waals surface area contributed by atoms with Crippen LogP contribution in [-0.4, -0.2) is 66.5 Å². The van der Waals surface area contributed by atoms with E-state index in [0.717, 1.165) is 34.4 Å². The molecule has 0 aliphatic heterocycles. The second-order valence-corrected chi connectivity index (χ2v) is 15.2. The zero-order valence-electron chi connectivity index (χ0n) is 26.2. The van der Waals surface area contributed by atoms with Gasteiger partial charge in [-0.1, -0.05) is 177 Å². The zero-order chi connectivity index (χ0) is 30.0. The second-order valence-electron chi connectivity index (χ2n) is 11.7. The Hall–Kier alpha value is 0.1000. The third-order valence-electron chi connectivity index (χ3n) is 7.74. The molecule has 6 nitrogen and oxygen atoms in total. The van der Waals surface area contributed by atoms with E-state index in [0.29, 0.717) is 24.3 Å². The minimum atomic E-state index is -0.777. The Kier molecular flexibility index (Phi) is 26.4. The SMILES string of the molecule is CCCCCCCCCCCCC(O)C(O)CSc1nnc(SCC(O)C(O)CCCCCCCCCCCC)s1. The summed E-state index contributed by atoms with van der Waals surface area (Å²) in [5, 5.41) is 49.7. The Bertz CT molecular complexity index is 643. The summed E-state index contributed by atoms with van der Waals surface area (Å²) in [4.78, 5) is 0. The van der Waals surface area contributed by atoms with E-state index < -0.39 is 24.4 Å². The molecule has 0 fully saturated rings. The summed E-state index contributed by atoms with van der Waals surface area (Å²) < 4.78 is 1.50. The van der Waals surface area contributed by atoms with Crippen molar-refractivity contribution in [3.8, 4) is 0 Å². The van der Waals surface area contributed by atoms with Crippen LogP contribution in [0.5, 0.6) is 0 Å². The maximum atomic E-state index is 10.4. The molecule has 0 bridgehead atoms. The molecule has 0 aromatic carbocycles. The molecular weight excluding hydrogens is 573 g/mol. The summed E-state index contributed by atoms with van der Waals surface area (Å²) in [6.45, 7) is 4.50. The van der Waals surface area contributed by atoms with Gasteiger partial charge in [-0.3, -0.25) is 0 Å². The van der Waals surface area contributed by atoms with Gasteiger partial charge in [0.2, 0.25) is 0 Å². The predicted molar refractivity (Wildman–Crippen MR) is 178 cm³/mol. The van der Waals surface area contributed by atoms with Crippen molar-refractivity contribution in [2.75, 3.05) is 11.5 Å². The van der Waals surface area contributed by atoms with Crippen LogP contribution in [-0.2, 0) is 0 Å². The van der Waals surface area contributed by atoms with E-state index in [9.17, 15) is 20.4 Å². The van der Waals surface area contributed by atoms with Crippen LogP contribution in [0.2, 0.25) is 0 Å². The van der Waals surface area contributed by atoms with Crippen LogP contribution >= 0.6 is 34.9 Å². The van der Waals surface area contributed by atoms with Crippen LogP contribution in [0.3, 0.4) is 0 Å². The monoisotopic (exact) mass is 634 g/mol. The van der Waals surface area contributed by atoms with E-state index in [2.05, 4.69) is 24.0 Å². The topological polar surface area (TPSA) is 107 Å². The van der Waals surface area contributed by atoms with Crippen LogP contribution in [0.4, 0.5) is 0 Å². The molecule has 0 amide bonds. The van der Waals surface area contributed by atoms with Gasteiger partial charge < -0.3 is 20.4 Å². The maximum Gasteiger partial charge on any atom is 0.175 e. The highest BCUT2D eigenvalue weighted by Gasteiger charge is 2.19. The van der Waals surface area contributed by atoms with Crippen LogP contribution in [0, 0.1) is 0 Å². The standard InChI is InChI=1S/C32H62N2O4S3/c1-3-5-7-9-11-13-15-17-19-21-23-27(35)29(37)25-39-31-33-34-32(41-31)40-26-30(38)28(36)24-22-20-18-16-14-12-10-8-6-4-2/h27-30,35-38H,3-26H2,1-2H3. The number of rotatable bonds is 30. The van der Waals surface area contributed by atoms with Gasteiger partial charge in [0.1, 0.15) is 0 Å². The number of thioether (sulfide) groups is 2. The van der Waals surface area contributed by atoms with Crippen LogP contribution < -0.4 is 0 Å². The zero-order valence-corrected chi connectivity index (χ0v) is 28.6. The molecule has 0 saturated carbocycles. The van der Waals surface area contributed by atoms with Crippen LogP contribution in [0.1, 0.15) is 155 Å². The summed E-state index contributed by atoms with van der Waals surface area (Å²) in [5.41, 5.74) is 0. The molecule has 4 N–H and O–H groups in total. The number of hydrogen-bond donors (Lipinski definition) is 4. The minimum absolute atomic E-state index is 0.387. The van der Waals surface area contributed by atoms with Crippen molar-refractivity contribution in [2.24, 2.45) is 0 Å². The lowest BCUT2D eigenvalue weighted by Gasteiger charge is -2.17. The smallest absolute Gasteiger partial charge is 0.175 e. The molecule has 0 radical (unpaired) electrons. The van der Waals surface area contributed by atoms with E-state index in [-0.39, 0.29) is 0 Å². The van der Waals surface area contributed by atoms with Gasteiger partial charge in [-0.25, -0.2) is 0 Å². The fraction of sp³-hybridized carbons (Fsp3) is 0.938. The highest BCUT2D eigenvalue weighted by atomic mass is 32.2. The van der Waals surface area contributed by atoms with Crippen molar-refractivity contribution in [1.82, 2.24) is 10.2 Å². The molecule has 0 spiro atoms. The fourth-order valence-corrected chi connectivity index (χ4v) is 8.01. The molecule has 1 aromatic rings. The Morgan fingerprint density at radius 1 is 0.463 bits per heavy atom. The summed E-state index contributed by atoms with van der Waals surface area (Å²) in [5.74, 6) is 0.775. The molecule has 4 atom stereocenters. The molecule has 1 rings (SSSR count). The predicted octanol–water partition coefficient (Wildman–Crippen LogP) is 8.79. The largest absolute Gasteiger partial charge is 0.390 e. The Labute approximate surface area is 264 Å². The number of aliphatic hydroxyl groups is 4. The van der Waals surface area contributed by atoms with E-state index >= 15 is 0 Å². The van der Waals surface area contributed by atoms with Crippen molar-refractivity contribution in [3.63, 3.8) is 0 Å². The van der Waals surface area contributed by atoms with Crippen molar-refractivity contribution < 1.29 is 20.4 Å². The van der Waals surface area contributed by atoms with E-state index in [4.69, 9.17) is 0 Å². The molecule has 1 aromatic heterocycles. The number of aliphatic hydroxyl groups excluding tert-OH is 4. The number of nitrogens with zero attached hydrogens (tertiary/aromatic N) is 2. The average Bonchev–Trinajstić information content (AvgIpc) is 3.44. The summed E-state index contributed by atoms with van der Waals surface area (Å²) >= 11 is 4.25. The van der Waals surface area contributed by atoms with E-state index in [1.807, 2.05) is 0 Å². The first-order valence-corrected chi connectivity index (χ1v) is 19.6.